The first kappa shape index (κ1) is 16.9. The van der Waals surface area contributed by atoms with Crippen molar-refractivity contribution in [2.75, 3.05) is 0 Å². The Kier molecular flexibility index (Phi) is 87.2. The van der Waals surface area contributed by atoms with Crippen LogP contribution < -0.4 is 0 Å². The summed E-state index contributed by atoms with van der Waals surface area (Å²) in [5.74, 6) is 0. The van der Waals surface area contributed by atoms with Gasteiger partial charge in [-0.2, -0.15) is 0 Å². The fourth-order valence-electron chi connectivity index (χ4n) is 0. The molecule has 0 heterocycles. The Morgan fingerprint density at radius 1 is 1.25 bits per heavy atom. The second kappa shape index (κ2) is 20.7. The van der Waals surface area contributed by atoms with Gasteiger partial charge in [-0.15, -0.1) is 41.0 Å². The zero-order valence-electron chi connectivity index (χ0n) is 1.67. The summed E-state index contributed by atoms with van der Waals surface area (Å²) in [6, 6.07) is 0. The summed E-state index contributed by atoms with van der Waals surface area (Å²) in [4.78, 5) is 0. The van der Waals surface area contributed by atoms with Crippen LogP contribution in [0.4, 0.5) is 0 Å². The van der Waals surface area contributed by atoms with Gasteiger partial charge in [0.25, 0.3) is 0 Å². The van der Waals surface area contributed by atoms with Crippen LogP contribution in [0, 0.1) is 0 Å². The Hall–Kier alpha value is 1.89. The summed E-state index contributed by atoms with van der Waals surface area (Å²) in [7, 11) is 0. The van der Waals surface area contributed by atoms with Crippen molar-refractivity contribution in [3.05, 3.63) is 0 Å². The first-order valence-electron chi connectivity index (χ1n) is 0.183. The van der Waals surface area contributed by atoms with Crippen molar-refractivity contribution < 1.29 is 2.81 Å². The molecule has 0 saturated carbocycles. The van der Waals surface area contributed by atoms with Gasteiger partial charge in [-0.3, -0.25) is 0 Å². The van der Waals surface area contributed by atoms with Gasteiger partial charge < -0.3 is 0 Å². The molecule has 1 radical (unpaired) electrons. The van der Waals surface area contributed by atoms with Crippen LogP contribution in [0.15, 0.2) is 0 Å². The van der Waals surface area contributed by atoms with Gasteiger partial charge in [0, 0.05) is 0 Å². The van der Waals surface area contributed by atoms with Crippen molar-refractivity contribution in [1.29, 1.82) is 0 Å². The molecule has 0 amide bonds. The van der Waals surface area contributed by atoms with E-state index in [-0.39, 0.29) is 65.7 Å². The van der Waals surface area contributed by atoms with Gasteiger partial charge >= 0.3 is 27.5 Å². The van der Waals surface area contributed by atoms with Crippen LogP contribution in [0.5, 0.6) is 0 Å². The Labute approximate surface area is 67.6 Å². The molecule has 4 heteroatoms. The van der Waals surface area contributed by atoms with Gasteiger partial charge in [0.15, 0.2) is 0 Å². The van der Waals surface area contributed by atoms with Crippen LogP contribution in [0.2, 0.25) is 0 Å². The Balaban J connectivity index is -0.00000000500. The summed E-state index contributed by atoms with van der Waals surface area (Å²) in [5, 5.41) is 0. The maximum atomic E-state index is 8.36. The van der Waals surface area contributed by atoms with Gasteiger partial charge in [0.1, 0.15) is 0 Å². The topological polar surface area (TPSA) is 17.1 Å². The molecule has 0 aromatic carbocycles. The number of rotatable bonds is 0. The van der Waals surface area contributed by atoms with Crippen LogP contribution in [-0.2, 0) is 2.81 Å². The minimum atomic E-state index is 0. The molecule has 0 N–H and O–H groups in total. The third-order valence-corrected chi connectivity index (χ3v) is 0. The monoisotopic (exact) mass is 433 g/mol. The van der Waals surface area contributed by atoms with Crippen molar-refractivity contribution in [1.82, 2.24) is 0 Å². The van der Waals surface area contributed by atoms with Gasteiger partial charge in [0.2, 0.25) is 0 Å². The minimum absolute atomic E-state index is 0. The molecule has 0 aromatic rings. The molecule has 0 atom stereocenters. The fourth-order valence-corrected chi connectivity index (χ4v) is 0. The molecule has 0 fully saturated rings. The quantitative estimate of drug-likeness (QED) is 0.406. The van der Waals surface area contributed by atoms with E-state index in [0.29, 0.717) is 0 Å². The molecular weight excluding hydrogens is 432 g/mol. The van der Waals surface area contributed by atoms with E-state index in [1.807, 2.05) is 0 Å². The molecule has 0 unspecified atom stereocenters. The van der Waals surface area contributed by atoms with Crippen LogP contribution in [0.25, 0.3) is 0 Å². The number of hydrogen-bond donors (Lipinski definition) is 0. The first-order chi connectivity index (χ1) is 1.00. The van der Waals surface area contributed by atoms with Gasteiger partial charge in [-0.05, 0) is 0 Å². The summed E-state index contributed by atoms with van der Waals surface area (Å²) < 4.78 is 8.36. The predicted octanol–water partition coefficient (Wildman–Crippen LogP) is 0.696. The van der Waals surface area contributed by atoms with Crippen molar-refractivity contribution in [2.45, 2.75) is 0 Å². The fraction of sp³-hybridized carbons (Fsp3) is 0. The van der Waals surface area contributed by atoms with E-state index in [0.717, 1.165) is 0 Å². The van der Waals surface area contributed by atoms with Crippen molar-refractivity contribution in [3.8, 4) is 0 Å². The van der Waals surface area contributed by atoms with E-state index >= 15 is 0 Å². The number of halogens is 2. The molecule has 0 aliphatic carbocycles. The second-order valence-electron chi connectivity index (χ2n) is 0. The predicted molar refractivity (Wildman–Crippen MR) is 32.2 cm³/mol. The van der Waals surface area contributed by atoms with E-state index in [1.165, 1.54) is 0 Å². The van der Waals surface area contributed by atoms with Crippen LogP contribution in [0.1, 0.15) is 0 Å². The van der Waals surface area contributed by atoms with E-state index in [9.17, 15) is 0 Å². The Morgan fingerprint density at radius 3 is 1.25 bits per heavy atom. The Morgan fingerprint density at radius 2 is 1.25 bits per heavy atom. The SMILES string of the molecule is Br.I.[O]=[Bi]. The molecule has 0 aromatic heterocycles. The molecule has 0 rings (SSSR count). The second-order valence-corrected chi connectivity index (χ2v) is 0. The summed E-state index contributed by atoms with van der Waals surface area (Å²) in [5.41, 5.74) is 0. The van der Waals surface area contributed by atoms with E-state index < -0.39 is 0 Å². The molecule has 0 aliphatic heterocycles. The molecule has 0 bridgehead atoms. The standard InChI is InChI=1S/Bi.BrH.HI.O/h;2*1H;. The molecule has 27 valence electrons. The summed E-state index contributed by atoms with van der Waals surface area (Å²) in [6.45, 7) is 0. The van der Waals surface area contributed by atoms with Gasteiger partial charge in [-0.25, -0.2) is 0 Å². The van der Waals surface area contributed by atoms with Crippen LogP contribution in [0.3, 0.4) is 0 Å². The van der Waals surface area contributed by atoms with Crippen LogP contribution >= 0.6 is 41.0 Å². The molecule has 0 saturated heterocycles. The third kappa shape index (κ3) is 9.09. The molecule has 1 nitrogen and oxygen atoms in total. The molecular formula is H2BiBrIO. The van der Waals surface area contributed by atoms with Crippen molar-refractivity contribution in [3.63, 3.8) is 0 Å². The van der Waals surface area contributed by atoms with Gasteiger partial charge in [-0.1, -0.05) is 0 Å². The van der Waals surface area contributed by atoms with Gasteiger partial charge in [0.05, 0.1) is 0 Å². The first-order valence-corrected chi connectivity index (χ1v) is 1.60. The normalized spacial score (nSPS) is 1.00. The van der Waals surface area contributed by atoms with Crippen molar-refractivity contribution in [2.24, 2.45) is 0 Å². The molecule has 0 spiro atoms. The maximum absolute atomic E-state index is 8.36. The zero-order chi connectivity index (χ0) is 2.00. The number of hydrogen-bond acceptors (Lipinski definition) is 1. The molecule has 0 aliphatic rings. The third-order valence-electron chi connectivity index (χ3n) is 0. The zero-order valence-corrected chi connectivity index (χ0v) is 9.19. The Bertz CT molecular complexity index is 8.00. The van der Waals surface area contributed by atoms with Crippen molar-refractivity contribution >= 4 is 65.7 Å². The van der Waals surface area contributed by atoms with Crippen LogP contribution in [-0.4, -0.2) is 24.7 Å². The van der Waals surface area contributed by atoms with E-state index in [4.69, 9.17) is 2.81 Å². The summed E-state index contributed by atoms with van der Waals surface area (Å²) in [6.07, 6.45) is 0. The average molecular weight is 434 g/mol. The average Bonchev–Trinajstić information content (AvgIpc) is 1.00. The molecule has 4 heavy (non-hydrogen) atoms. The van der Waals surface area contributed by atoms with E-state index in [1.54, 1.807) is 0 Å². The summed E-state index contributed by atoms with van der Waals surface area (Å²) >= 11 is 0.194. The van der Waals surface area contributed by atoms with E-state index in [2.05, 4.69) is 0 Å².